The third-order valence-corrected chi connectivity index (χ3v) is 4.60. The lowest BCUT2D eigenvalue weighted by Gasteiger charge is -2.19. The zero-order valence-electron chi connectivity index (χ0n) is 9.56. The van der Waals surface area contributed by atoms with Crippen LogP contribution in [-0.2, 0) is 0 Å². The molecule has 0 N–H and O–H groups in total. The van der Waals surface area contributed by atoms with E-state index in [4.69, 9.17) is 12.2 Å². The van der Waals surface area contributed by atoms with Crippen molar-refractivity contribution in [1.29, 1.82) is 0 Å². The molecule has 1 aromatic carbocycles. The first-order chi connectivity index (χ1) is 7.63. The number of hydrogen-bond acceptors (Lipinski definition) is 2. The maximum Gasteiger partial charge on any atom is 0.101 e. The molecule has 3 heteroatoms. The fraction of sp³-hybridized carbons (Fsp3) is 0.308. The number of thiocarbonyl (C=S) groups is 1. The molecule has 0 aliphatic carbocycles. The summed E-state index contributed by atoms with van der Waals surface area (Å²) in [5.74, 6) is 0. The molecule has 1 aliphatic heterocycles. The fourth-order valence-electron chi connectivity index (χ4n) is 1.76. The van der Waals surface area contributed by atoms with Crippen LogP contribution >= 0.6 is 24.0 Å². The van der Waals surface area contributed by atoms with Gasteiger partial charge in [-0.3, -0.25) is 4.90 Å². The Balaban J connectivity index is 2.31. The van der Waals surface area contributed by atoms with Crippen LogP contribution < -0.4 is 4.90 Å². The van der Waals surface area contributed by atoms with Crippen molar-refractivity contribution in [2.75, 3.05) is 4.90 Å². The van der Waals surface area contributed by atoms with Crippen molar-refractivity contribution in [3.8, 4) is 0 Å². The molecular weight excluding hydrogens is 234 g/mol. The van der Waals surface area contributed by atoms with Crippen LogP contribution in [0.1, 0.15) is 18.9 Å². The van der Waals surface area contributed by atoms with E-state index in [0.29, 0.717) is 5.25 Å². The highest BCUT2D eigenvalue weighted by molar-refractivity contribution is 8.06. The maximum atomic E-state index is 5.50. The first-order valence-corrected chi connectivity index (χ1v) is 6.68. The van der Waals surface area contributed by atoms with Gasteiger partial charge in [0.25, 0.3) is 0 Å². The standard InChI is InChI=1S/C13H15NS2/c1-4-12-13(15)14(10(3)16-12)11-7-5-9(2)6-8-11/h5-8,12H,3-4H2,1-2H3. The minimum Gasteiger partial charge on any atom is -0.298 e. The van der Waals surface area contributed by atoms with Crippen LogP contribution in [0.2, 0.25) is 0 Å². The van der Waals surface area contributed by atoms with E-state index in [0.717, 1.165) is 22.1 Å². The van der Waals surface area contributed by atoms with Crippen molar-refractivity contribution in [2.24, 2.45) is 0 Å². The minimum atomic E-state index is 0.406. The first-order valence-electron chi connectivity index (χ1n) is 5.39. The predicted molar refractivity (Wildman–Crippen MR) is 77.1 cm³/mol. The molecule has 16 heavy (non-hydrogen) atoms. The lowest BCUT2D eigenvalue weighted by molar-refractivity contribution is 1.02. The molecule has 0 radical (unpaired) electrons. The highest BCUT2D eigenvalue weighted by atomic mass is 32.2. The van der Waals surface area contributed by atoms with E-state index in [1.807, 2.05) is 0 Å². The van der Waals surface area contributed by atoms with Crippen molar-refractivity contribution >= 4 is 34.7 Å². The molecule has 1 unspecified atom stereocenters. The molecule has 2 rings (SSSR count). The quantitative estimate of drug-likeness (QED) is 0.726. The van der Waals surface area contributed by atoms with Crippen LogP contribution in [0, 0.1) is 6.92 Å². The molecule has 0 bridgehead atoms. The largest absolute Gasteiger partial charge is 0.298 e. The van der Waals surface area contributed by atoms with Gasteiger partial charge >= 0.3 is 0 Å². The van der Waals surface area contributed by atoms with Gasteiger partial charge in [0.2, 0.25) is 0 Å². The number of hydrogen-bond donors (Lipinski definition) is 0. The van der Waals surface area contributed by atoms with Crippen LogP contribution in [0.5, 0.6) is 0 Å². The van der Waals surface area contributed by atoms with Gasteiger partial charge in [0, 0.05) is 5.69 Å². The third-order valence-electron chi connectivity index (χ3n) is 2.69. The van der Waals surface area contributed by atoms with Gasteiger partial charge in [0.05, 0.1) is 10.3 Å². The Hall–Kier alpha value is -0.800. The highest BCUT2D eigenvalue weighted by Crippen LogP contribution is 2.39. The molecule has 84 valence electrons. The zero-order chi connectivity index (χ0) is 11.7. The zero-order valence-corrected chi connectivity index (χ0v) is 11.2. The Morgan fingerprint density at radius 3 is 2.50 bits per heavy atom. The lowest BCUT2D eigenvalue weighted by atomic mass is 10.2. The summed E-state index contributed by atoms with van der Waals surface area (Å²) >= 11 is 7.27. The van der Waals surface area contributed by atoms with E-state index >= 15 is 0 Å². The Kier molecular flexibility index (Phi) is 3.36. The summed E-state index contributed by atoms with van der Waals surface area (Å²) in [6.45, 7) is 8.33. The Bertz CT molecular complexity index is 422. The van der Waals surface area contributed by atoms with Crippen LogP contribution in [0.3, 0.4) is 0 Å². The second kappa shape index (κ2) is 4.60. The molecule has 1 saturated heterocycles. The smallest absolute Gasteiger partial charge is 0.101 e. The first kappa shape index (κ1) is 11.7. The van der Waals surface area contributed by atoms with Gasteiger partial charge in [-0.2, -0.15) is 0 Å². The molecule has 1 aliphatic rings. The summed E-state index contributed by atoms with van der Waals surface area (Å²) in [4.78, 5) is 3.08. The molecule has 1 fully saturated rings. The fourth-order valence-corrected chi connectivity index (χ4v) is 3.35. The van der Waals surface area contributed by atoms with Crippen molar-refractivity contribution in [2.45, 2.75) is 25.5 Å². The summed E-state index contributed by atoms with van der Waals surface area (Å²) in [6, 6.07) is 8.42. The average Bonchev–Trinajstić information content (AvgIpc) is 2.56. The number of aryl methyl sites for hydroxylation is 1. The van der Waals surface area contributed by atoms with Gasteiger partial charge in [-0.15, -0.1) is 0 Å². The van der Waals surface area contributed by atoms with Crippen LogP contribution in [0.15, 0.2) is 35.9 Å². The van der Waals surface area contributed by atoms with Crippen LogP contribution in [0.4, 0.5) is 5.69 Å². The highest BCUT2D eigenvalue weighted by Gasteiger charge is 2.31. The second-order valence-corrected chi connectivity index (χ2v) is 5.61. The number of rotatable bonds is 2. The Morgan fingerprint density at radius 1 is 1.38 bits per heavy atom. The van der Waals surface area contributed by atoms with E-state index in [2.05, 4.69) is 49.6 Å². The Morgan fingerprint density at radius 2 is 2.00 bits per heavy atom. The molecule has 0 aromatic heterocycles. The van der Waals surface area contributed by atoms with E-state index in [1.54, 1.807) is 11.8 Å². The molecular formula is C13H15NS2. The van der Waals surface area contributed by atoms with E-state index < -0.39 is 0 Å². The summed E-state index contributed by atoms with van der Waals surface area (Å²) in [6.07, 6.45) is 1.06. The average molecular weight is 249 g/mol. The van der Waals surface area contributed by atoms with E-state index in [-0.39, 0.29) is 0 Å². The SMILES string of the molecule is C=C1SC(CC)C(=S)N1c1ccc(C)cc1. The van der Waals surface area contributed by atoms with Crippen molar-refractivity contribution in [3.05, 3.63) is 41.4 Å². The summed E-state index contributed by atoms with van der Waals surface area (Å²) in [5, 5.41) is 1.45. The van der Waals surface area contributed by atoms with Gasteiger partial charge < -0.3 is 0 Å². The summed E-state index contributed by atoms with van der Waals surface area (Å²) < 4.78 is 0. The predicted octanol–water partition coefficient (Wildman–Crippen LogP) is 4.13. The molecule has 1 heterocycles. The summed E-state index contributed by atoms with van der Waals surface area (Å²) in [5.41, 5.74) is 2.39. The molecule has 0 spiro atoms. The maximum absolute atomic E-state index is 5.50. The van der Waals surface area contributed by atoms with Crippen LogP contribution in [-0.4, -0.2) is 10.2 Å². The van der Waals surface area contributed by atoms with Gasteiger partial charge in [0.1, 0.15) is 4.99 Å². The molecule has 1 atom stereocenters. The Labute approximate surface area is 107 Å². The van der Waals surface area contributed by atoms with Gasteiger partial charge in [-0.1, -0.05) is 55.2 Å². The monoisotopic (exact) mass is 249 g/mol. The van der Waals surface area contributed by atoms with Crippen molar-refractivity contribution in [1.82, 2.24) is 0 Å². The molecule has 0 amide bonds. The van der Waals surface area contributed by atoms with Gasteiger partial charge in [-0.25, -0.2) is 0 Å². The number of anilines is 1. The molecule has 1 aromatic rings. The van der Waals surface area contributed by atoms with Crippen LogP contribution in [0.25, 0.3) is 0 Å². The normalized spacial score (nSPS) is 20.6. The number of nitrogens with zero attached hydrogens (tertiary/aromatic N) is 1. The van der Waals surface area contributed by atoms with E-state index in [9.17, 15) is 0 Å². The van der Waals surface area contributed by atoms with Gasteiger partial charge in [-0.05, 0) is 25.5 Å². The number of benzene rings is 1. The van der Waals surface area contributed by atoms with Crippen molar-refractivity contribution < 1.29 is 0 Å². The lowest BCUT2D eigenvalue weighted by Crippen LogP contribution is -2.25. The van der Waals surface area contributed by atoms with Gasteiger partial charge in [0.15, 0.2) is 0 Å². The summed E-state index contributed by atoms with van der Waals surface area (Å²) in [7, 11) is 0. The molecule has 1 nitrogen and oxygen atoms in total. The molecule has 0 saturated carbocycles. The topological polar surface area (TPSA) is 3.24 Å². The van der Waals surface area contributed by atoms with Crippen molar-refractivity contribution in [3.63, 3.8) is 0 Å². The van der Waals surface area contributed by atoms with E-state index in [1.165, 1.54) is 5.56 Å². The third kappa shape index (κ3) is 2.02. The second-order valence-electron chi connectivity index (χ2n) is 3.92. The minimum absolute atomic E-state index is 0.406. The number of thioether (sulfide) groups is 1.